The predicted octanol–water partition coefficient (Wildman–Crippen LogP) is 1.90. The predicted molar refractivity (Wildman–Crippen MR) is 55.2 cm³/mol. The van der Waals surface area contributed by atoms with Crippen molar-refractivity contribution in [2.45, 2.75) is 13.0 Å². The van der Waals surface area contributed by atoms with Crippen LogP contribution in [-0.2, 0) is 0 Å². The second kappa shape index (κ2) is 4.39. The van der Waals surface area contributed by atoms with Crippen LogP contribution >= 0.6 is 12.8 Å². The number of nitrogens with one attached hydrogen (secondary N) is 1. The lowest BCUT2D eigenvalue weighted by Gasteiger charge is -2.12. The summed E-state index contributed by atoms with van der Waals surface area (Å²) in [7, 11) is 1.56. The van der Waals surface area contributed by atoms with Crippen LogP contribution in [0.1, 0.15) is 18.5 Å². The van der Waals surface area contributed by atoms with Crippen molar-refractivity contribution in [2.75, 3.05) is 7.11 Å². The smallest absolute Gasteiger partial charge is 0.124 e. The van der Waals surface area contributed by atoms with Crippen molar-refractivity contribution in [3.63, 3.8) is 0 Å². The van der Waals surface area contributed by atoms with Gasteiger partial charge in [0, 0.05) is 17.7 Å². The summed E-state index contributed by atoms with van der Waals surface area (Å²) in [6.45, 7) is 1.91. The second-order valence-corrected chi connectivity index (χ2v) is 3.03. The molecular formula is C9H13NO2S. The summed E-state index contributed by atoms with van der Waals surface area (Å²) in [5, 5.41) is 9.57. The third-order valence-electron chi connectivity index (χ3n) is 1.90. The van der Waals surface area contributed by atoms with E-state index in [2.05, 4.69) is 17.5 Å². The number of rotatable bonds is 3. The van der Waals surface area contributed by atoms with Crippen LogP contribution < -0.4 is 9.46 Å². The van der Waals surface area contributed by atoms with E-state index in [0.29, 0.717) is 5.75 Å². The maximum atomic E-state index is 9.57. The molecule has 0 aliphatic heterocycles. The van der Waals surface area contributed by atoms with Crippen molar-refractivity contribution in [1.29, 1.82) is 0 Å². The Balaban J connectivity index is 2.98. The van der Waals surface area contributed by atoms with Crippen LogP contribution in [0.4, 0.5) is 0 Å². The Morgan fingerprint density at radius 2 is 2.23 bits per heavy atom. The minimum Gasteiger partial charge on any atom is -0.507 e. The van der Waals surface area contributed by atoms with E-state index in [0.717, 1.165) is 5.56 Å². The molecule has 1 rings (SSSR count). The fraction of sp³-hybridized carbons (Fsp3) is 0.333. The van der Waals surface area contributed by atoms with E-state index in [1.54, 1.807) is 19.2 Å². The number of benzene rings is 1. The first-order chi connectivity index (χ1) is 6.19. The molecule has 3 nitrogen and oxygen atoms in total. The van der Waals surface area contributed by atoms with E-state index < -0.39 is 0 Å². The number of phenols is 1. The van der Waals surface area contributed by atoms with E-state index in [1.807, 2.05) is 13.0 Å². The van der Waals surface area contributed by atoms with E-state index in [9.17, 15) is 5.11 Å². The highest BCUT2D eigenvalue weighted by Gasteiger charge is 2.08. The molecule has 1 unspecified atom stereocenters. The van der Waals surface area contributed by atoms with Gasteiger partial charge in [0.1, 0.15) is 11.5 Å². The maximum absolute atomic E-state index is 9.57. The summed E-state index contributed by atoms with van der Waals surface area (Å²) in [6.07, 6.45) is 0. The molecule has 0 radical (unpaired) electrons. The highest BCUT2D eigenvalue weighted by Crippen LogP contribution is 2.28. The number of aromatic hydroxyl groups is 1. The largest absolute Gasteiger partial charge is 0.507 e. The van der Waals surface area contributed by atoms with Gasteiger partial charge in [-0.1, -0.05) is 18.9 Å². The number of methoxy groups -OCH3 is 1. The normalized spacial score (nSPS) is 12.5. The topological polar surface area (TPSA) is 41.5 Å². The average molecular weight is 199 g/mol. The molecule has 0 heterocycles. The Hall–Kier alpha value is -0.870. The van der Waals surface area contributed by atoms with Crippen LogP contribution in [0.15, 0.2) is 18.2 Å². The molecule has 2 N–H and O–H groups in total. The van der Waals surface area contributed by atoms with Gasteiger partial charge in [0.25, 0.3) is 0 Å². The molecule has 0 aromatic heterocycles. The Kier molecular flexibility index (Phi) is 3.45. The molecule has 0 aliphatic carbocycles. The van der Waals surface area contributed by atoms with Gasteiger partial charge in [-0.3, -0.25) is 4.72 Å². The van der Waals surface area contributed by atoms with Gasteiger partial charge in [-0.25, -0.2) is 0 Å². The maximum Gasteiger partial charge on any atom is 0.124 e. The summed E-state index contributed by atoms with van der Waals surface area (Å²) in [5.41, 5.74) is 0.802. The third kappa shape index (κ3) is 2.29. The van der Waals surface area contributed by atoms with Crippen LogP contribution in [0.2, 0.25) is 0 Å². The number of hydrogen-bond donors (Lipinski definition) is 3. The molecule has 0 bridgehead atoms. The first kappa shape index (κ1) is 10.2. The van der Waals surface area contributed by atoms with Gasteiger partial charge in [-0.2, -0.15) is 0 Å². The minimum atomic E-state index is 0.00856. The first-order valence-corrected chi connectivity index (χ1v) is 4.40. The van der Waals surface area contributed by atoms with Gasteiger partial charge >= 0.3 is 0 Å². The summed E-state index contributed by atoms with van der Waals surface area (Å²) < 4.78 is 7.72. The summed E-state index contributed by atoms with van der Waals surface area (Å²) in [5.74, 6) is 0.862. The second-order valence-electron chi connectivity index (χ2n) is 2.78. The van der Waals surface area contributed by atoms with Crippen LogP contribution in [0.25, 0.3) is 0 Å². The Morgan fingerprint density at radius 1 is 1.54 bits per heavy atom. The van der Waals surface area contributed by atoms with Gasteiger partial charge < -0.3 is 9.84 Å². The lowest BCUT2D eigenvalue weighted by molar-refractivity contribution is 0.405. The molecule has 13 heavy (non-hydrogen) atoms. The highest BCUT2D eigenvalue weighted by molar-refractivity contribution is 7.78. The van der Waals surface area contributed by atoms with Gasteiger partial charge in [0.2, 0.25) is 0 Å². The van der Waals surface area contributed by atoms with Crippen LogP contribution in [0.5, 0.6) is 11.5 Å². The fourth-order valence-electron chi connectivity index (χ4n) is 1.09. The molecular weight excluding hydrogens is 186 g/mol. The molecule has 1 atom stereocenters. The van der Waals surface area contributed by atoms with E-state index >= 15 is 0 Å². The highest BCUT2D eigenvalue weighted by atomic mass is 32.1. The molecule has 0 aliphatic rings. The molecule has 4 heteroatoms. The minimum absolute atomic E-state index is 0.00856. The Morgan fingerprint density at radius 3 is 2.69 bits per heavy atom. The molecule has 1 aromatic carbocycles. The quantitative estimate of drug-likeness (QED) is 0.651. The summed E-state index contributed by atoms with van der Waals surface area (Å²) in [4.78, 5) is 0. The van der Waals surface area contributed by atoms with E-state index in [1.165, 1.54) is 0 Å². The first-order valence-electron chi connectivity index (χ1n) is 3.95. The monoisotopic (exact) mass is 199 g/mol. The summed E-state index contributed by atoms with van der Waals surface area (Å²) in [6, 6.07) is 5.20. The lowest BCUT2D eigenvalue weighted by atomic mass is 10.1. The van der Waals surface area contributed by atoms with E-state index in [-0.39, 0.29) is 11.8 Å². The number of phenolic OH excluding ortho intramolecular Hbond substituents is 1. The van der Waals surface area contributed by atoms with E-state index in [4.69, 9.17) is 4.74 Å². The Bertz CT molecular complexity index is 291. The van der Waals surface area contributed by atoms with Crippen molar-refractivity contribution >= 4 is 12.8 Å². The Labute approximate surface area is 83.3 Å². The zero-order chi connectivity index (χ0) is 9.84. The molecule has 0 saturated carbocycles. The zero-order valence-corrected chi connectivity index (χ0v) is 8.51. The molecule has 0 fully saturated rings. The average Bonchev–Trinajstić information content (AvgIpc) is 2.16. The van der Waals surface area contributed by atoms with Gasteiger partial charge in [-0.05, 0) is 13.0 Å². The number of ether oxygens (including phenoxy) is 1. The van der Waals surface area contributed by atoms with Crippen molar-refractivity contribution in [3.8, 4) is 11.5 Å². The van der Waals surface area contributed by atoms with Crippen LogP contribution in [-0.4, -0.2) is 12.2 Å². The SMILES string of the molecule is COc1ccc(C(C)NS)c(O)c1. The van der Waals surface area contributed by atoms with Gasteiger partial charge in [-0.15, -0.1) is 0 Å². The summed E-state index contributed by atoms with van der Waals surface area (Å²) >= 11 is 3.93. The molecule has 0 amide bonds. The number of thiol groups is 1. The fourth-order valence-corrected chi connectivity index (χ4v) is 1.23. The van der Waals surface area contributed by atoms with Crippen LogP contribution in [0, 0.1) is 0 Å². The van der Waals surface area contributed by atoms with Gasteiger partial charge in [0.05, 0.1) is 7.11 Å². The van der Waals surface area contributed by atoms with Crippen LogP contribution in [0.3, 0.4) is 0 Å². The molecule has 0 spiro atoms. The lowest BCUT2D eigenvalue weighted by Crippen LogP contribution is -2.06. The third-order valence-corrected chi connectivity index (χ3v) is 2.29. The van der Waals surface area contributed by atoms with Crippen molar-refractivity contribution in [2.24, 2.45) is 0 Å². The standard InChI is InChI=1S/C9H13NO2S/c1-6(10-13)8-4-3-7(12-2)5-9(8)11/h3-6,10-11,13H,1-2H3. The van der Waals surface area contributed by atoms with Crippen molar-refractivity contribution in [3.05, 3.63) is 23.8 Å². The molecule has 1 aromatic rings. The number of hydrogen-bond acceptors (Lipinski definition) is 4. The molecule has 72 valence electrons. The zero-order valence-electron chi connectivity index (χ0n) is 7.61. The molecule has 0 saturated heterocycles. The van der Waals surface area contributed by atoms with Crippen molar-refractivity contribution in [1.82, 2.24) is 4.72 Å². The van der Waals surface area contributed by atoms with Crippen molar-refractivity contribution < 1.29 is 9.84 Å². The van der Waals surface area contributed by atoms with Gasteiger partial charge in [0.15, 0.2) is 0 Å².